The Kier molecular flexibility index (Phi) is 20.7. The second-order valence-corrected chi connectivity index (χ2v) is 15.0. The van der Waals surface area contributed by atoms with Gasteiger partial charge in [-0.2, -0.15) is 16.8 Å². The van der Waals surface area contributed by atoms with E-state index in [2.05, 4.69) is 59.6 Å². The average molecular weight is 634 g/mol. The van der Waals surface area contributed by atoms with Gasteiger partial charge < -0.3 is 10.2 Å². The molecule has 40 heavy (non-hydrogen) atoms. The number of nitrogens with one attached hydrogen (secondary N) is 2. The van der Waals surface area contributed by atoms with Crippen LogP contribution in [-0.4, -0.2) is 104 Å². The summed E-state index contributed by atoms with van der Waals surface area (Å²) in [7, 11) is -7.81. The highest BCUT2D eigenvalue weighted by Gasteiger charge is 2.21. The minimum absolute atomic E-state index is 0.0571. The van der Waals surface area contributed by atoms with Gasteiger partial charge in [-0.25, -0.2) is 0 Å². The molecule has 0 aliphatic rings. The molecule has 0 unspecified atom stereocenters. The summed E-state index contributed by atoms with van der Waals surface area (Å²) >= 11 is 5.81. The van der Waals surface area contributed by atoms with Crippen molar-refractivity contribution in [3.63, 3.8) is 0 Å². The molecular weight excluding hydrogens is 578 g/mol. The van der Waals surface area contributed by atoms with E-state index in [1.165, 1.54) is 0 Å². The summed E-state index contributed by atoms with van der Waals surface area (Å²) in [5, 5.41) is 3.24. The molecule has 11 nitrogen and oxygen atoms in total. The Bertz CT molecular complexity index is 896. The zero-order valence-electron chi connectivity index (χ0n) is 25.4. The fourth-order valence-corrected chi connectivity index (χ4v) is 5.49. The van der Waals surface area contributed by atoms with Crippen molar-refractivity contribution in [1.29, 1.82) is 0 Å². The van der Waals surface area contributed by atoms with E-state index in [-0.39, 0.29) is 17.0 Å². The van der Waals surface area contributed by atoms with E-state index >= 15 is 0 Å². The Morgan fingerprint density at radius 2 is 1.25 bits per heavy atom. The van der Waals surface area contributed by atoms with Gasteiger partial charge in [0.05, 0.1) is 11.5 Å². The van der Waals surface area contributed by atoms with Crippen molar-refractivity contribution in [2.45, 2.75) is 110 Å². The summed E-state index contributed by atoms with van der Waals surface area (Å²) in [4.78, 5) is 11.6. The molecule has 4 N–H and O–H groups in total. The molecule has 240 valence electrons. The number of unbranched alkanes of at least 4 members (excludes halogenated alkanes) is 6. The number of hydrogen-bond donors (Lipinski definition) is 4. The Hall–Kier alpha value is -0.700. The molecule has 0 fully saturated rings. The second kappa shape index (κ2) is 21.1. The van der Waals surface area contributed by atoms with E-state index < -0.39 is 20.2 Å². The van der Waals surface area contributed by atoms with E-state index in [0.717, 1.165) is 71.0 Å². The van der Waals surface area contributed by atoms with Gasteiger partial charge in [0.15, 0.2) is 0 Å². The lowest BCUT2D eigenvalue weighted by molar-refractivity contribution is 0.134. The quantitative estimate of drug-likeness (QED) is 0.0424. The van der Waals surface area contributed by atoms with Crippen molar-refractivity contribution >= 4 is 38.0 Å². The summed E-state index contributed by atoms with van der Waals surface area (Å²) in [6, 6.07) is 0.334. The molecule has 0 rings (SSSR count). The Morgan fingerprint density at radius 3 is 1.77 bits per heavy atom. The predicted octanol–water partition coefficient (Wildman–Crippen LogP) is 4.16. The topological polar surface area (TPSA) is 152 Å². The molecule has 0 radical (unpaired) electrons. The van der Waals surface area contributed by atoms with Gasteiger partial charge in [0.2, 0.25) is 5.96 Å². The van der Waals surface area contributed by atoms with E-state index in [1.54, 1.807) is 0 Å². The minimum atomic E-state index is -3.91. The molecule has 0 aromatic carbocycles. The second-order valence-electron chi connectivity index (χ2n) is 11.6. The van der Waals surface area contributed by atoms with Crippen molar-refractivity contribution in [2.24, 2.45) is 4.99 Å². The van der Waals surface area contributed by atoms with Crippen LogP contribution in [0.2, 0.25) is 0 Å². The first-order valence-electron chi connectivity index (χ1n) is 14.6. The van der Waals surface area contributed by atoms with Crippen molar-refractivity contribution in [3.8, 4) is 0 Å². The largest absolute Gasteiger partial charge is 0.355 e. The Balaban J connectivity index is 4.04. The molecule has 0 saturated heterocycles. The van der Waals surface area contributed by atoms with Crippen LogP contribution in [-0.2, 0) is 20.2 Å². The Labute approximate surface area is 249 Å². The van der Waals surface area contributed by atoms with Crippen LogP contribution in [0.4, 0.5) is 0 Å². The SMILES string of the molecule is CC(C)N(CCCCCCNC(=NCCCCCCN(CCCS(=O)(=O)O)C(C)(C)C)NCl)CCCS(=O)(=O)O. The number of nitrogens with zero attached hydrogens (tertiary/aromatic N) is 3. The van der Waals surface area contributed by atoms with Crippen LogP contribution in [0.3, 0.4) is 0 Å². The van der Waals surface area contributed by atoms with Crippen LogP contribution in [0.25, 0.3) is 0 Å². The first kappa shape index (κ1) is 39.3. The van der Waals surface area contributed by atoms with Gasteiger partial charge in [0, 0.05) is 36.4 Å². The summed E-state index contributed by atoms with van der Waals surface area (Å²) in [6.45, 7) is 15.1. The molecule has 0 aliphatic carbocycles. The highest BCUT2D eigenvalue weighted by molar-refractivity contribution is 7.86. The molecule has 0 saturated carbocycles. The third-order valence-corrected chi connectivity index (χ3v) is 8.51. The Morgan fingerprint density at radius 1 is 0.775 bits per heavy atom. The van der Waals surface area contributed by atoms with E-state index in [1.807, 2.05) is 0 Å². The van der Waals surface area contributed by atoms with Gasteiger partial charge in [-0.15, -0.1) is 0 Å². The zero-order valence-corrected chi connectivity index (χ0v) is 27.8. The fourth-order valence-electron chi connectivity index (χ4n) is 4.38. The van der Waals surface area contributed by atoms with Gasteiger partial charge in [-0.05, 0) is 99.3 Å². The molecule has 14 heteroatoms. The van der Waals surface area contributed by atoms with E-state index in [0.29, 0.717) is 44.5 Å². The van der Waals surface area contributed by atoms with Crippen molar-refractivity contribution in [3.05, 3.63) is 0 Å². The van der Waals surface area contributed by atoms with Gasteiger partial charge >= 0.3 is 0 Å². The number of halogens is 1. The maximum Gasteiger partial charge on any atom is 0.264 e. The molecule has 0 atom stereocenters. The zero-order chi connectivity index (χ0) is 30.7. The smallest absolute Gasteiger partial charge is 0.264 e. The summed E-state index contributed by atoms with van der Waals surface area (Å²) in [6.07, 6.45) is 9.13. The van der Waals surface area contributed by atoms with Crippen LogP contribution in [0, 0.1) is 0 Å². The normalized spacial score (nSPS) is 13.5. The van der Waals surface area contributed by atoms with Crippen LogP contribution in [0.5, 0.6) is 0 Å². The van der Waals surface area contributed by atoms with Gasteiger partial charge in [-0.3, -0.25) is 23.8 Å². The van der Waals surface area contributed by atoms with Crippen LogP contribution in [0.1, 0.15) is 98.8 Å². The van der Waals surface area contributed by atoms with Gasteiger partial charge in [0.1, 0.15) is 0 Å². The lowest BCUT2D eigenvalue weighted by Gasteiger charge is -2.35. The molecule has 0 amide bonds. The third kappa shape index (κ3) is 24.0. The van der Waals surface area contributed by atoms with Crippen LogP contribution < -0.4 is 10.2 Å². The lowest BCUT2D eigenvalue weighted by atomic mass is 10.0. The molecule has 0 bridgehead atoms. The first-order valence-corrected chi connectivity index (χ1v) is 18.2. The van der Waals surface area contributed by atoms with Gasteiger partial charge in [-0.1, -0.05) is 25.7 Å². The van der Waals surface area contributed by atoms with Crippen molar-refractivity contribution in [1.82, 2.24) is 20.0 Å². The standard InChI is InChI=1S/C26H56ClN5O6S2/c1-24(2)31(19-14-22-39(33,34)35)18-12-8-6-10-16-28-25(30-27)29-17-11-7-9-13-20-32(26(3,4)5)21-15-23-40(36,37)38/h24H,6-23H2,1-5H3,(H2,28,29,30)(H,33,34,35)(H,36,37,38). The molecule has 0 aromatic heterocycles. The average Bonchev–Trinajstić information content (AvgIpc) is 2.81. The predicted molar refractivity (Wildman–Crippen MR) is 166 cm³/mol. The fraction of sp³-hybridized carbons (Fsp3) is 0.962. The third-order valence-electron chi connectivity index (χ3n) is 6.72. The molecule has 0 aromatic rings. The van der Waals surface area contributed by atoms with Gasteiger partial charge in [0.25, 0.3) is 20.2 Å². The number of guanidine groups is 1. The molecule has 0 heterocycles. The number of hydrogen-bond acceptors (Lipinski definition) is 7. The monoisotopic (exact) mass is 633 g/mol. The van der Waals surface area contributed by atoms with E-state index in [4.69, 9.17) is 20.9 Å². The number of rotatable bonds is 23. The van der Waals surface area contributed by atoms with Crippen molar-refractivity contribution in [2.75, 3.05) is 50.8 Å². The maximum atomic E-state index is 11.0. The summed E-state index contributed by atoms with van der Waals surface area (Å²) in [5.74, 6) is 0.189. The maximum absolute atomic E-state index is 11.0. The summed E-state index contributed by atoms with van der Waals surface area (Å²) < 4.78 is 61.6. The highest BCUT2D eigenvalue weighted by Crippen LogP contribution is 2.16. The van der Waals surface area contributed by atoms with Crippen LogP contribution >= 0.6 is 11.8 Å². The minimum Gasteiger partial charge on any atom is -0.355 e. The molecule has 0 spiro atoms. The summed E-state index contributed by atoms with van der Waals surface area (Å²) in [5.41, 5.74) is -0.0571. The van der Waals surface area contributed by atoms with Crippen LogP contribution in [0.15, 0.2) is 4.99 Å². The van der Waals surface area contributed by atoms with E-state index in [9.17, 15) is 16.8 Å². The van der Waals surface area contributed by atoms with Crippen molar-refractivity contribution < 1.29 is 25.9 Å². The molecule has 0 aliphatic heterocycles. The molecular formula is C26H56ClN5O6S2. The lowest BCUT2D eigenvalue weighted by Crippen LogP contribution is -2.43. The highest BCUT2D eigenvalue weighted by atomic mass is 35.5. The first-order chi connectivity index (χ1) is 18.5. The number of aliphatic imine (C=N–C) groups is 1.